The second-order valence-corrected chi connectivity index (χ2v) is 13.9. The molecule has 0 radical (unpaired) electrons. The fraction of sp³-hybridized carbons (Fsp3) is 0.600. The van der Waals surface area contributed by atoms with Crippen molar-refractivity contribution in [2.24, 2.45) is 0 Å². The Morgan fingerprint density at radius 1 is 0.644 bits per heavy atom. The van der Waals surface area contributed by atoms with E-state index in [2.05, 4.69) is 21.3 Å². The molecule has 2 aliphatic heterocycles. The first-order valence-corrected chi connectivity index (χ1v) is 20.0. The molecule has 0 spiro atoms. The third-order valence-corrected chi connectivity index (χ3v) is 9.09. The summed E-state index contributed by atoms with van der Waals surface area (Å²) < 4.78 is 22.8. The molecule has 19 nitrogen and oxygen atoms in total. The number of hydrogen-bond acceptors (Lipinski definition) is 13. The Balaban J connectivity index is 1.34. The molecule has 0 aliphatic carbocycles. The van der Waals surface area contributed by atoms with Crippen molar-refractivity contribution in [3.63, 3.8) is 0 Å². The van der Waals surface area contributed by atoms with Gasteiger partial charge in [0.2, 0.25) is 29.5 Å². The van der Waals surface area contributed by atoms with Crippen molar-refractivity contribution in [3.05, 3.63) is 48.0 Å². The maximum atomic E-state index is 13.0. The van der Waals surface area contributed by atoms with Gasteiger partial charge in [-0.05, 0) is 25.3 Å². The summed E-state index contributed by atoms with van der Waals surface area (Å²) in [6.07, 6.45) is 4.98. The SMILES string of the molecule is CC(=O)CNC(=O)[C@H](Cc1ccccc1)NC(=O)CNC(=O)CNC(=O)CN1CCOCCOCCN(C(=O)CCCCCN2C(=O)C=CC2=O)CCOCCOCC1. The van der Waals surface area contributed by atoms with Crippen LogP contribution in [-0.2, 0) is 63.7 Å². The number of ketones is 1. The summed E-state index contributed by atoms with van der Waals surface area (Å²) in [4.78, 5) is 103. The number of hydrogen-bond donors (Lipinski definition) is 4. The summed E-state index contributed by atoms with van der Waals surface area (Å²) in [5.74, 6) is -3.06. The van der Waals surface area contributed by atoms with E-state index in [1.807, 2.05) is 11.0 Å². The highest BCUT2D eigenvalue weighted by molar-refractivity contribution is 6.12. The fourth-order valence-electron chi connectivity index (χ4n) is 5.86. The first-order valence-electron chi connectivity index (χ1n) is 20.0. The zero-order chi connectivity index (χ0) is 42.7. The lowest BCUT2D eigenvalue weighted by atomic mass is 10.1. The van der Waals surface area contributed by atoms with Crippen LogP contribution in [0.2, 0.25) is 0 Å². The second-order valence-electron chi connectivity index (χ2n) is 13.9. The van der Waals surface area contributed by atoms with Crippen molar-refractivity contribution >= 4 is 47.1 Å². The van der Waals surface area contributed by atoms with E-state index in [1.54, 1.807) is 29.2 Å². The van der Waals surface area contributed by atoms with E-state index in [-0.39, 0.29) is 49.6 Å². The van der Waals surface area contributed by atoms with E-state index in [0.717, 1.165) is 5.56 Å². The number of carbonyl (C=O) groups excluding carboxylic acids is 8. The maximum absolute atomic E-state index is 13.0. The second kappa shape index (κ2) is 28.4. The number of Topliss-reactive ketones (excluding diaryl/α,β-unsaturated/α-hetero) is 1. The molecular formula is C40H59N7O12. The average Bonchev–Trinajstić information content (AvgIpc) is 3.54. The lowest BCUT2D eigenvalue weighted by Gasteiger charge is -2.24. The van der Waals surface area contributed by atoms with Gasteiger partial charge in [-0.3, -0.25) is 48.2 Å². The Morgan fingerprint density at radius 2 is 1.20 bits per heavy atom. The standard InChI is InChI=1S/C40H59N7O12/c1-31(48)27-43-40(55)33(26-32-8-4-2-5-9-32)44-35(50)29-41-34(49)28-42-36(51)30-45-14-18-56-22-24-58-20-16-46(17-21-59-25-23-57-19-15-45)37(52)10-6-3-7-13-47-38(53)11-12-39(47)54/h2,4-5,8-9,11-12,33H,3,6-7,10,13-30H2,1H3,(H,41,49)(H,42,51)(H,43,55)(H,44,50)/t33-/m0/s1. The number of carbonyl (C=O) groups is 8. The summed E-state index contributed by atoms with van der Waals surface area (Å²) in [5, 5.41) is 10.1. The number of amides is 7. The van der Waals surface area contributed by atoms with Crippen LogP contribution in [0.15, 0.2) is 42.5 Å². The normalized spacial score (nSPS) is 17.0. The summed E-state index contributed by atoms with van der Waals surface area (Å²) in [7, 11) is 0. The summed E-state index contributed by atoms with van der Waals surface area (Å²) in [5.41, 5.74) is 0.792. The van der Waals surface area contributed by atoms with Gasteiger partial charge in [-0.2, -0.15) is 0 Å². The molecule has 7 amide bonds. The van der Waals surface area contributed by atoms with E-state index >= 15 is 0 Å². The molecule has 2 heterocycles. The number of ether oxygens (including phenoxy) is 4. The van der Waals surface area contributed by atoms with Gasteiger partial charge >= 0.3 is 0 Å². The number of rotatable bonds is 18. The molecule has 1 fully saturated rings. The van der Waals surface area contributed by atoms with Gasteiger partial charge < -0.3 is 45.1 Å². The zero-order valence-corrected chi connectivity index (χ0v) is 33.9. The molecule has 2 aliphatic rings. The Bertz CT molecular complexity index is 1520. The minimum absolute atomic E-state index is 0.0273. The van der Waals surface area contributed by atoms with Crippen LogP contribution in [0.5, 0.6) is 0 Å². The molecule has 3 rings (SSSR count). The van der Waals surface area contributed by atoms with Crippen LogP contribution < -0.4 is 21.3 Å². The first-order chi connectivity index (χ1) is 28.5. The number of nitrogens with zero attached hydrogens (tertiary/aromatic N) is 3. The van der Waals surface area contributed by atoms with Gasteiger partial charge in [0.1, 0.15) is 11.8 Å². The topological polar surface area (TPSA) is 231 Å². The van der Waals surface area contributed by atoms with Gasteiger partial charge in [-0.1, -0.05) is 36.8 Å². The number of nitrogens with one attached hydrogen (secondary N) is 4. The van der Waals surface area contributed by atoms with Gasteiger partial charge in [-0.15, -0.1) is 0 Å². The Kier molecular flexibility index (Phi) is 23.2. The maximum Gasteiger partial charge on any atom is 0.253 e. The van der Waals surface area contributed by atoms with E-state index in [0.29, 0.717) is 111 Å². The van der Waals surface area contributed by atoms with Crippen molar-refractivity contribution in [2.45, 2.75) is 45.1 Å². The van der Waals surface area contributed by atoms with Crippen molar-refractivity contribution < 1.29 is 57.3 Å². The smallest absolute Gasteiger partial charge is 0.253 e. The van der Waals surface area contributed by atoms with Crippen LogP contribution in [0, 0.1) is 0 Å². The number of benzene rings is 1. The molecule has 0 saturated carbocycles. The molecule has 19 heteroatoms. The molecular weight excluding hydrogens is 770 g/mol. The molecule has 0 unspecified atom stereocenters. The van der Waals surface area contributed by atoms with E-state index in [4.69, 9.17) is 18.9 Å². The van der Waals surface area contributed by atoms with E-state index in [1.165, 1.54) is 24.0 Å². The molecule has 59 heavy (non-hydrogen) atoms. The molecule has 1 aromatic carbocycles. The molecule has 1 saturated heterocycles. The fourth-order valence-corrected chi connectivity index (χ4v) is 5.86. The first kappa shape index (κ1) is 48.3. The average molecular weight is 830 g/mol. The molecule has 0 aromatic heterocycles. The highest BCUT2D eigenvalue weighted by atomic mass is 16.5. The van der Waals surface area contributed by atoms with Crippen molar-refractivity contribution in [3.8, 4) is 0 Å². The lowest BCUT2D eigenvalue weighted by molar-refractivity contribution is -0.137. The molecule has 4 N–H and O–H groups in total. The molecule has 0 bridgehead atoms. The van der Waals surface area contributed by atoms with Gasteiger partial charge in [0.15, 0.2) is 0 Å². The van der Waals surface area contributed by atoms with Crippen LogP contribution in [0.4, 0.5) is 0 Å². The predicted octanol–water partition coefficient (Wildman–Crippen LogP) is -1.65. The summed E-state index contributed by atoms with van der Waals surface area (Å²) in [6.45, 7) is 4.63. The largest absolute Gasteiger partial charge is 0.378 e. The van der Waals surface area contributed by atoms with Gasteiger partial charge in [0.05, 0.1) is 79.0 Å². The van der Waals surface area contributed by atoms with Crippen molar-refractivity contribution in [1.82, 2.24) is 36.0 Å². The van der Waals surface area contributed by atoms with E-state index < -0.39 is 36.2 Å². The van der Waals surface area contributed by atoms with E-state index in [9.17, 15) is 38.4 Å². The Hall–Kier alpha value is -5.08. The predicted molar refractivity (Wildman–Crippen MR) is 212 cm³/mol. The number of unbranched alkanes of at least 4 members (excludes halogenated alkanes) is 2. The molecule has 1 aromatic rings. The Morgan fingerprint density at radius 3 is 1.80 bits per heavy atom. The van der Waals surface area contributed by atoms with Crippen LogP contribution in [0.1, 0.15) is 38.2 Å². The highest BCUT2D eigenvalue weighted by Gasteiger charge is 2.23. The number of imide groups is 1. The van der Waals surface area contributed by atoms with Crippen molar-refractivity contribution in [2.75, 3.05) is 112 Å². The monoisotopic (exact) mass is 829 g/mol. The van der Waals surface area contributed by atoms with Crippen LogP contribution in [0.25, 0.3) is 0 Å². The highest BCUT2D eigenvalue weighted by Crippen LogP contribution is 2.09. The van der Waals surface area contributed by atoms with Gasteiger partial charge in [0, 0.05) is 57.7 Å². The molecule has 1 atom stereocenters. The van der Waals surface area contributed by atoms with Gasteiger partial charge in [0.25, 0.3) is 11.8 Å². The minimum atomic E-state index is -0.976. The van der Waals surface area contributed by atoms with Crippen LogP contribution in [0.3, 0.4) is 0 Å². The lowest BCUT2D eigenvalue weighted by Crippen LogP contribution is -2.51. The third-order valence-electron chi connectivity index (χ3n) is 9.09. The van der Waals surface area contributed by atoms with Gasteiger partial charge in [-0.25, -0.2) is 0 Å². The zero-order valence-electron chi connectivity index (χ0n) is 33.9. The van der Waals surface area contributed by atoms with Crippen LogP contribution in [-0.4, -0.2) is 180 Å². The Labute approximate surface area is 344 Å². The van der Waals surface area contributed by atoms with Crippen LogP contribution >= 0.6 is 0 Å². The summed E-state index contributed by atoms with van der Waals surface area (Å²) in [6, 6.07) is 8.05. The minimum Gasteiger partial charge on any atom is -0.378 e. The van der Waals surface area contributed by atoms with Crippen molar-refractivity contribution in [1.29, 1.82) is 0 Å². The third kappa shape index (κ3) is 21.0. The quantitative estimate of drug-likeness (QED) is 0.0962. The summed E-state index contributed by atoms with van der Waals surface area (Å²) >= 11 is 0. The molecule has 326 valence electrons.